The number of ether oxygens (including phenoxy) is 4. The van der Waals surface area contributed by atoms with Crippen LogP contribution in [-0.2, 0) is 57.3 Å². The summed E-state index contributed by atoms with van der Waals surface area (Å²) in [7, 11) is 4.82. The van der Waals surface area contributed by atoms with Crippen molar-refractivity contribution in [1.29, 1.82) is 0 Å². The number of alkyl halides is 6. The van der Waals surface area contributed by atoms with E-state index < -0.39 is 143 Å². The van der Waals surface area contributed by atoms with Crippen LogP contribution in [0.25, 0.3) is 11.1 Å². The molecule has 98 heavy (non-hydrogen) atoms. The number of alkyl carbamates (subject to hydrolysis) is 2. The Morgan fingerprint density at radius 2 is 0.888 bits per heavy atom. The van der Waals surface area contributed by atoms with E-state index in [-0.39, 0.29) is 45.0 Å². The van der Waals surface area contributed by atoms with Crippen molar-refractivity contribution < 1.29 is 81.7 Å². The Bertz CT molecular complexity index is 4380. The van der Waals surface area contributed by atoms with Gasteiger partial charge in [0.15, 0.2) is 23.1 Å². The second kappa shape index (κ2) is 32.8. The van der Waals surface area contributed by atoms with E-state index in [9.17, 15) is 68.3 Å². The molecule has 524 valence electrons. The average molecular weight is 1440 g/mol. The third-order valence-corrected chi connectivity index (χ3v) is 15.6. The lowest BCUT2D eigenvalue weighted by molar-refractivity contribution is -0.139. The van der Waals surface area contributed by atoms with Crippen molar-refractivity contribution in [2.24, 2.45) is 0 Å². The van der Waals surface area contributed by atoms with Gasteiger partial charge in [0.05, 0.1) is 69.2 Å². The number of amides is 2. The summed E-state index contributed by atoms with van der Waals surface area (Å²) in [5.74, 6) is -3.85. The van der Waals surface area contributed by atoms with Gasteiger partial charge in [0.1, 0.15) is 27.3 Å². The zero-order valence-corrected chi connectivity index (χ0v) is 56.7. The molecule has 0 bridgehead atoms. The number of nitrogens with zero attached hydrogens (tertiary/aromatic N) is 4. The van der Waals surface area contributed by atoms with Gasteiger partial charge in [0, 0.05) is 47.8 Å². The molecular formula is C68H70BBrF10N6O12. The van der Waals surface area contributed by atoms with Crippen LogP contribution in [0.15, 0.2) is 157 Å². The molecule has 0 fully saturated rings. The molecule has 30 heteroatoms. The minimum Gasteiger partial charge on any atom is -0.494 e. The molecule has 2 heterocycles. The summed E-state index contributed by atoms with van der Waals surface area (Å²) in [6, 6.07) is 28.4. The molecule has 0 saturated carbocycles. The summed E-state index contributed by atoms with van der Waals surface area (Å²) < 4.78 is 175. The van der Waals surface area contributed by atoms with Crippen LogP contribution in [0.1, 0.15) is 98.4 Å². The Balaban J connectivity index is 0.000000261. The Kier molecular flexibility index (Phi) is 25.9. The fourth-order valence-corrected chi connectivity index (χ4v) is 10.5. The minimum absolute atomic E-state index is 0.0176. The summed E-state index contributed by atoms with van der Waals surface area (Å²) in [5, 5.41) is 5.27. The molecule has 0 unspecified atom stereocenters. The van der Waals surface area contributed by atoms with Crippen molar-refractivity contribution in [3.8, 4) is 22.6 Å². The van der Waals surface area contributed by atoms with Crippen LogP contribution in [0.4, 0.5) is 53.5 Å². The summed E-state index contributed by atoms with van der Waals surface area (Å²) in [6.45, 7) is 9.91. The quantitative estimate of drug-likeness (QED) is 0.0609. The van der Waals surface area contributed by atoms with E-state index in [1.54, 1.807) is 120 Å². The second-order valence-corrected chi connectivity index (χ2v) is 24.5. The van der Waals surface area contributed by atoms with E-state index in [1.807, 2.05) is 0 Å². The highest BCUT2D eigenvalue weighted by Gasteiger charge is 2.37. The molecule has 0 spiro atoms. The monoisotopic (exact) mass is 1440 g/mol. The highest BCUT2D eigenvalue weighted by molar-refractivity contribution is 9.10. The van der Waals surface area contributed by atoms with Gasteiger partial charge in [-0.3, -0.25) is 27.9 Å². The highest BCUT2D eigenvalue weighted by Crippen LogP contribution is 2.36. The van der Waals surface area contributed by atoms with Gasteiger partial charge >= 0.3 is 43.0 Å². The molecule has 0 aliphatic heterocycles. The van der Waals surface area contributed by atoms with Crippen LogP contribution < -0.4 is 48.1 Å². The Hall–Kier alpha value is -9.42. The van der Waals surface area contributed by atoms with Crippen molar-refractivity contribution in [3.63, 3.8) is 0 Å². The first-order valence-corrected chi connectivity index (χ1v) is 30.5. The molecule has 0 aliphatic rings. The molecule has 2 N–H and O–H groups in total. The standard InChI is InChI=1S/C33H32F5N3O5.C26H26BrF4N3O4.C9H12BFO3/c1-19-27(21-13-9-16-26(45-5)28(21)35)29(42)41(18-25(20-11-7-6-8-12-20)39-30(43)46-32(2,3)4)31(44)40(19)17-22-23(33(36,37)38)14-10-15-24(22)34;1-15-21(27)22(35)34(14-20(16-9-6-5-7-10-16)32-23(36)38-25(2,3)4)24(37)33(15)13-17-18(26(29,30)31)11-8-12-19(17)28;1-12-8-6-4-5-7(9(8)11)10(13-2)14-3/h6-16,25H,17-18H2,1-5H3,(H,39,43);5-12,20H,13-14H2,1-4H3,(H,32,36);4-6H,1-3H3/t25-;20-;/m11./s1. The van der Waals surface area contributed by atoms with Crippen molar-refractivity contribution >= 4 is 40.7 Å². The summed E-state index contributed by atoms with van der Waals surface area (Å²) in [4.78, 5) is 80.0. The SMILES string of the molecule is COB(OC)c1cccc(OC)c1F.COc1cccc(-c2c(C)n(Cc3c(F)cccc3C(F)(F)F)c(=O)n(C[C@@H](NC(=O)OC(C)(C)C)c3ccccc3)c2=O)c1F.Cc1c(Br)c(=O)n(C[C@@H](NC(=O)OC(C)(C)C)c2ccccc2)c(=O)n1Cc1c(F)cccc1C(F)(F)F. The van der Waals surface area contributed by atoms with Crippen LogP contribution in [0, 0.1) is 37.1 Å². The predicted octanol–water partition coefficient (Wildman–Crippen LogP) is 13.0. The van der Waals surface area contributed by atoms with E-state index in [0.717, 1.165) is 44.0 Å². The molecule has 2 aromatic heterocycles. The van der Waals surface area contributed by atoms with Crippen LogP contribution in [0.2, 0.25) is 0 Å². The number of rotatable bonds is 18. The number of carbonyl (C=O) groups excluding carboxylic acids is 2. The Morgan fingerprint density at radius 3 is 1.29 bits per heavy atom. The van der Waals surface area contributed by atoms with Gasteiger partial charge in [-0.1, -0.05) is 97.1 Å². The number of hydrogen-bond acceptors (Lipinski definition) is 12. The lowest BCUT2D eigenvalue weighted by Crippen LogP contribution is -2.46. The maximum atomic E-state index is 15.6. The van der Waals surface area contributed by atoms with E-state index in [1.165, 1.54) is 60.5 Å². The van der Waals surface area contributed by atoms with Crippen LogP contribution >= 0.6 is 15.9 Å². The smallest absolute Gasteiger partial charge is 0.494 e. The number of aromatic nitrogens is 4. The molecule has 2 amide bonds. The van der Waals surface area contributed by atoms with Gasteiger partial charge < -0.3 is 38.9 Å². The van der Waals surface area contributed by atoms with Gasteiger partial charge in [-0.2, -0.15) is 26.3 Å². The first kappa shape index (κ1) is 77.6. The van der Waals surface area contributed by atoms with Crippen molar-refractivity contribution in [2.45, 2.75) is 117 Å². The second-order valence-electron chi connectivity index (χ2n) is 23.7. The molecule has 0 radical (unpaired) electrons. The maximum Gasteiger partial charge on any atom is 0.496 e. The van der Waals surface area contributed by atoms with Crippen LogP contribution in [-0.4, -0.2) is 77.2 Å². The summed E-state index contributed by atoms with van der Waals surface area (Å²) >= 11 is 3.12. The maximum absolute atomic E-state index is 15.6. The number of benzene rings is 6. The molecule has 2 atom stereocenters. The summed E-state index contributed by atoms with van der Waals surface area (Å²) in [5.41, 5.74) is -9.26. The van der Waals surface area contributed by atoms with E-state index in [0.29, 0.717) is 27.2 Å². The fourth-order valence-electron chi connectivity index (χ4n) is 10.0. The number of carbonyl (C=O) groups is 2. The number of hydrogen-bond donors (Lipinski definition) is 2. The van der Waals surface area contributed by atoms with Gasteiger partial charge in [-0.15, -0.1) is 0 Å². The van der Waals surface area contributed by atoms with Crippen molar-refractivity contribution in [2.75, 3.05) is 28.4 Å². The van der Waals surface area contributed by atoms with Gasteiger partial charge in [-0.05, 0) is 119 Å². The fraction of sp³-hybridized carbons (Fsp3) is 0.324. The normalized spacial score (nSPS) is 12.2. The van der Waals surface area contributed by atoms with Crippen LogP contribution in [0.5, 0.6) is 11.5 Å². The van der Waals surface area contributed by atoms with E-state index >= 15 is 4.39 Å². The largest absolute Gasteiger partial charge is 0.496 e. The minimum atomic E-state index is -4.97. The van der Waals surface area contributed by atoms with E-state index in [4.69, 9.17) is 28.3 Å². The number of methoxy groups -OCH3 is 2. The lowest BCUT2D eigenvalue weighted by Gasteiger charge is -2.25. The van der Waals surface area contributed by atoms with E-state index in [2.05, 4.69) is 26.6 Å². The molecule has 0 aliphatic carbocycles. The van der Waals surface area contributed by atoms with Gasteiger partial charge in [0.2, 0.25) is 0 Å². The molecule has 8 aromatic rings. The van der Waals surface area contributed by atoms with Crippen molar-refractivity contribution in [3.05, 3.63) is 248 Å². The van der Waals surface area contributed by atoms with Crippen molar-refractivity contribution in [1.82, 2.24) is 28.9 Å². The molecule has 0 saturated heterocycles. The molecule has 18 nitrogen and oxygen atoms in total. The molecular weight excluding hydrogens is 1370 g/mol. The number of nitrogens with one attached hydrogen (secondary N) is 2. The number of halogens is 11. The Morgan fingerprint density at radius 1 is 0.500 bits per heavy atom. The third kappa shape index (κ3) is 19.4. The predicted molar refractivity (Wildman–Crippen MR) is 350 cm³/mol. The first-order chi connectivity index (χ1) is 45.9. The Labute approximate surface area is 564 Å². The van der Waals surface area contributed by atoms with Crippen LogP contribution in [0.3, 0.4) is 0 Å². The highest BCUT2D eigenvalue weighted by atomic mass is 79.9. The molecule has 8 rings (SSSR count). The van der Waals surface area contributed by atoms with Gasteiger partial charge in [-0.25, -0.2) is 36.7 Å². The zero-order chi connectivity index (χ0) is 72.9. The average Bonchev–Trinajstić information content (AvgIpc) is 0.758. The molecule has 6 aromatic carbocycles. The summed E-state index contributed by atoms with van der Waals surface area (Å²) in [6.07, 6.45) is -11.5. The first-order valence-electron chi connectivity index (χ1n) is 29.7. The van der Waals surface area contributed by atoms with Gasteiger partial charge in [0.25, 0.3) is 11.1 Å². The lowest BCUT2D eigenvalue weighted by atomic mass is 9.78. The topological polar surface area (TPSA) is 202 Å². The zero-order valence-electron chi connectivity index (χ0n) is 55.1. The third-order valence-electron chi connectivity index (χ3n) is 14.6.